The van der Waals surface area contributed by atoms with Crippen molar-refractivity contribution in [3.8, 4) is 39.7 Å². The van der Waals surface area contributed by atoms with Crippen molar-refractivity contribution in [1.29, 1.82) is 0 Å². The van der Waals surface area contributed by atoms with Crippen LogP contribution in [0, 0.1) is 0 Å². The third-order valence-electron chi connectivity index (χ3n) is 7.55. The van der Waals surface area contributed by atoms with Crippen molar-refractivity contribution in [3.05, 3.63) is 140 Å². The van der Waals surface area contributed by atoms with E-state index in [9.17, 15) is 0 Å². The quantitative estimate of drug-likeness (QED) is 0.231. The van der Waals surface area contributed by atoms with Crippen molar-refractivity contribution in [2.45, 2.75) is 0 Å². The van der Waals surface area contributed by atoms with Crippen LogP contribution in [-0.2, 0) is 0 Å². The number of aromatic nitrogens is 5. The lowest BCUT2D eigenvalue weighted by Crippen LogP contribution is -2.00. The zero-order valence-corrected chi connectivity index (χ0v) is 22.0. The van der Waals surface area contributed by atoms with Gasteiger partial charge in [-0.25, -0.2) is 9.97 Å². The highest BCUT2D eigenvalue weighted by atomic mass is 15.1. The maximum atomic E-state index is 5.18. The SMILES string of the molecule is c1ccc(-c2cc(-c3cccc4ccccc34)cc(-c3cccc(-n4c5ccccc5c5cnccc54)n3)n2)nc1. The van der Waals surface area contributed by atoms with Gasteiger partial charge >= 0.3 is 0 Å². The first-order chi connectivity index (χ1) is 20.3. The predicted octanol–water partition coefficient (Wildman–Crippen LogP) is 8.52. The smallest absolute Gasteiger partial charge is 0.138 e. The number of hydrogen-bond donors (Lipinski definition) is 0. The molecular formula is C36H23N5. The molecular weight excluding hydrogens is 502 g/mol. The molecule has 0 saturated heterocycles. The Hall–Kier alpha value is -5.68. The molecule has 0 aliphatic heterocycles. The molecule has 0 spiro atoms. The lowest BCUT2D eigenvalue weighted by atomic mass is 9.97. The van der Waals surface area contributed by atoms with E-state index in [0.29, 0.717) is 0 Å². The molecule has 0 aliphatic rings. The number of hydrogen-bond acceptors (Lipinski definition) is 4. The van der Waals surface area contributed by atoms with Crippen LogP contribution in [0.25, 0.3) is 72.3 Å². The van der Waals surface area contributed by atoms with Crippen LogP contribution in [-0.4, -0.2) is 24.5 Å². The first-order valence-electron chi connectivity index (χ1n) is 13.6. The summed E-state index contributed by atoms with van der Waals surface area (Å²) in [5.41, 5.74) is 7.59. The minimum absolute atomic E-state index is 0.792. The Bertz CT molecular complexity index is 2160. The van der Waals surface area contributed by atoms with Gasteiger partial charge in [0, 0.05) is 29.4 Å². The first-order valence-corrected chi connectivity index (χ1v) is 13.6. The Morgan fingerprint density at radius 1 is 0.488 bits per heavy atom. The van der Waals surface area contributed by atoms with Gasteiger partial charge in [-0.05, 0) is 70.4 Å². The molecule has 0 fully saturated rings. The van der Waals surface area contributed by atoms with Crippen molar-refractivity contribution in [3.63, 3.8) is 0 Å². The highest BCUT2D eigenvalue weighted by molar-refractivity contribution is 6.08. The third-order valence-corrected chi connectivity index (χ3v) is 7.55. The van der Waals surface area contributed by atoms with Crippen LogP contribution in [0.1, 0.15) is 0 Å². The van der Waals surface area contributed by atoms with Gasteiger partial charge in [0.2, 0.25) is 0 Å². The van der Waals surface area contributed by atoms with Gasteiger partial charge in [0.25, 0.3) is 0 Å². The molecule has 0 saturated carbocycles. The van der Waals surface area contributed by atoms with Crippen LogP contribution in [0.5, 0.6) is 0 Å². The maximum Gasteiger partial charge on any atom is 0.138 e. The minimum Gasteiger partial charge on any atom is -0.294 e. The molecule has 0 aliphatic carbocycles. The lowest BCUT2D eigenvalue weighted by Gasteiger charge is -2.13. The molecule has 5 nitrogen and oxygen atoms in total. The van der Waals surface area contributed by atoms with Gasteiger partial charge < -0.3 is 0 Å². The second kappa shape index (κ2) is 9.50. The molecule has 0 radical (unpaired) electrons. The second-order valence-corrected chi connectivity index (χ2v) is 9.99. The van der Waals surface area contributed by atoms with E-state index in [2.05, 4.69) is 93.4 Å². The maximum absolute atomic E-state index is 5.18. The summed E-state index contributed by atoms with van der Waals surface area (Å²) in [5.74, 6) is 0.830. The molecule has 192 valence electrons. The number of nitrogens with zero attached hydrogens (tertiary/aromatic N) is 5. The van der Waals surface area contributed by atoms with Crippen molar-refractivity contribution < 1.29 is 0 Å². The third kappa shape index (κ3) is 3.95. The number of benzene rings is 3. The summed E-state index contributed by atoms with van der Waals surface area (Å²) >= 11 is 0. The van der Waals surface area contributed by atoms with Gasteiger partial charge in [0.15, 0.2) is 0 Å². The largest absolute Gasteiger partial charge is 0.294 e. The summed E-state index contributed by atoms with van der Waals surface area (Å²) in [5, 5.41) is 4.64. The highest BCUT2D eigenvalue weighted by Crippen LogP contribution is 2.35. The van der Waals surface area contributed by atoms with E-state index >= 15 is 0 Å². The van der Waals surface area contributed by atoms with Gasteiger partial charge in [0.05, 0.1) is 33.8 Å². The van der Waals surface area contributed by atoms with E-state index in [1.165, 1.54) is 10.8 Å². The van der Waals surface area contributed by atoms with Crippen LogP contribution < -0.4 is 0 Å². The molecule has 5 heteroatoms. The van der Waals surface area contributed by atoms with E-state index in [4.69, 9.17) is 9.97 Å². The Balaban J connectivity index is 1.35. The average molecular weight is 526 g/mol. The molecule has 5 heterocycles. The lowest BCUT2D eigenvalue weighted by molar-refractivity contribution is 1.07. The van der Waals surface area contributed by atoms with E-state index < -0.39 is 0 Å². The molecule has 5 aromatic heterocycles. The zero-order valence-electron chi connectivity index (χ0n) is 22.0. The molecule has 3 aromatic carbocycles. The van der Waals surface area contributed by atoms with E-state index in [1.807, 2.05) is 54.9 Å². The first kappa shape index (κ1) is 23.2. The van der Waals surface area contributed by atoms with E-state index in [1.54, 1.807) is 6.20 Å². The van der Waals surface area contributed by atoms with Crippen molar-refractivity contribution >= 4 is 32.6 Å². The molecule has 8 aromatic rings. The van der Waals surface area contributed by atoms with Crippen LogP contribution in [0.4, 0.5) is 0 Å². The topological polar surface area (TPSA) is 56.5 Å². The monoisotopic (exact) mass is 525 g/mol. The van der Waals surface area contributed by atoms with Crippen LogP contribution in [0.2, 0.25) is 0 Å². The predicted molar refractivity (Wildman–Crippen MR) is 166 cm³/mol. The fourth-order valence-corrected chi connectivity index (χ4v) is 5.69. The van der Waals surface area contributed by atoms with Crippen LogP contribution in [0.15, 0.2) is 140 Å². The Morgan fingerprint density at radius 2 is 1.22 bits per heavy atom. The molecule has 0 bridgehead atoms. The van der Waals surface area contributed by atoms with Crippen molar-refractivity contribution in [2.75, 3.05) is 0 Å². The number of rotatable bonds is 4. The molecule has 0 atom stereocenters. The average Bonchev–Trinajstić information content (AvgIpc) is 3.39. The molecule has 0 unspecified atom stereocenters. The Morgan fingerprint density at radius 3 is 2.12 bits per heavy atom. The summed E-state index contributed by atoms with van der Waals surface area (Å²) in [4.78, 5) is 19.3. The number of fused-ring (bicyclic) bond motifs is 4. The molecule has 0 N–H and O–H groups in total. The van der Waals surface area contributed by atoms with Crippen LogP contribution in [0.3, 0.4) is 0 Å². The van der Waals surface area contributed by atoms with Gasteiger partial charge in [-0.15, -0.1) is 0 Å². The summed E-state index contributed by atoms with van der Waals surface area (Å²) < 4.78 is 2.20. The molecule has 41 heavy (non-hydrogen) atoms. The normalized spacial score (nSPS) is 11.4. The van der Waals surface area contributed by atoms with E-state index in [0.717, 1.165) is 61.5 Å². The summed E-state index contributed by atoms with van der Waals surface area (Å²) in [6.45, 7) is 0. The summed E-state index contributed by atoms with van der Waals surface area (Å²) in [7, 11) is 0. The highest BCUT2D eigenvalue weighted by Gasteiger charge is 2.16. The van der Waals surface area contributed by atoms with Gasteiger partial charge in [0.1, 0.15) is 5.82 Å². The second-order valence-electron chi connectivity index (χ2n) is 9.99. The number of para-hydroxylation sites is 1. The van der Waals surface area contributed by atoms with Gasteiger partial charge in [-0.2, -0.15) is 0 Å². The molecule has 8 rings (SSSR count). The van der Waals surface area contributed by atoms with Crippen molar-refractivity contribution in [1.82, 2.24) is 24.5 Å². The Labute approximate surface area is 236 Å². The summed E-state index contributed by atoms with van der Waals surface area (Å²) in [6.07, 6.45) is 5.56. The molecule has 0 amide bonds. The van der Waals surface area contributed by atoms with Gasteiger partial charge in [-0.3, -0.25) is 14.5 Å². The summed E-state index contributed by atoms with van der Waals surface area (Å²) in [6, 6.07) is 41.6. The van der Waals surface area contributed by atoms with E-state index in [-0.39, 0.29) is 0 Å². The Kier molecular flexibility index (Phi) is 5.38. The fourth-order valence-electron chi connectivity index (χ4n) is 5.69. The van der Waals surface area contributed by atoms with Crippen LogP contribution >= 0.6 is 0 Å². The zero-order chi connectivity index (χ0) is 27.2. The fraction of sp³-hybridized carbons (Fsp3) is 0. The number of pyridine rings is 4. The van der Waals surface area contributed by atoms with Crippen molar-refractivity contribution in [2.24, 2.45) is 0 Å². The minimum atomic E-state index is 0.792. The van der Waals surface area contributed by atoms with Gasteiger partial charge in [-0.1, -0.05) is 72.8 Å². The standard InChI is InChI=1S/C36H23N5/c1-2-11-26-24(9-1)10-7-13-27(26)25-21-32(30-14-5-6-19-38-30)39-33(22-25)31-15-8-17-36(40-31)41-34-16-4-3-12-28(34)29-23-37-20-18-35(29)41/h1-23H.